The predicted octanol–water partition coefficient (Wildman–Crippen LogP) is 5.16. The van der Waals surface area contributed by atoms with Crippen molar-refractivity contribution in [1.82, 2.24) is 0 Å². The fourth-order valence-corrected chi connectivity index (χ4v) is 3.12. The van der Waals surface area contributed by atoms with Crippen molar-refractivity contribution in [2.75, 3.05) is 0 Å². The van der Waals surface area contributed by atoms with Crippen LogP contribution in [-0.2, 0) is 0 Å². The molecule has 0 amide bonds. The molecule has 102 valence electrons. The number of benzene rings is 1. The zero-order chi connectivity index (χ0) is 13.6. The molecule has 0 saturated carbocycles. The number of hydrogen-bond acceptors (Lipinski definition) is 2. The van der Waals surface area contributed by atoms with Gasteiger partial charge in [0.15, 0.2) is 0 Å². The highest BCUT2D eigenvalue weighted by Gasteiger charge is 2.17. The van der Waals surface area contributed by atoms with E-state index in [0.717, 1.165) is 6.42 Å². The van der Waals surface area contributed by atoms with Gasteiger partial charge in [-0.05, 0) is 18.1 Å². The molecular weight excluding hydrogens is 238 g/mol. The minimum absolute atomic E-state index is 0.183. The van der Waals surface area contributed by atoms with Crippen molar-refractivity contribution in [2.45, 2.75) is 69.1 Å². The second-order valence-electron chi connectivity index (χ2n) is 5.85. The van der Waals surface area contributed by atoms with Gasteiger partial charge in [0.1, 0.15) is 0 Å². The summed E-state index contributed by atoms with van der Waals surface area (Å²) in [6.07, 6.45) is 4.86. The molecular formula is C16H27NS. The first-order valence-corrected chi connectivity index (χ1v) is 7.79. The molecule has 2 heteroatoms. The maximum Gasteiger partial charge on any atom is 0.0306 e. The Kier molecular flexibility index (Phi) is 6.24. The summed E-state index contributed by atoms with van der Waals surface area (Å²) < 4.78 is 0.235. The van der Waals surface area contributed by atoms with Crippen molar-refractivity contribution in [3.05, 3.63) is 29.8 Å². The van der Waals surface area contributed by atoms with Gasteiger partial charge in [-0.2, -0.15) is 0 Å². The van der Waals surface area contributed by atoms with Crippen LogP contribution in [0.3, 0.4) is 0 Å². The molecule has 2 N–H and O–H groups in total. The second-order valence-corrected chi connectivity index (χ2v) is 7.72. The number of rotatable bonds is 6. The molecule has 0 aliphatic heterocycles. The normalized spacial score (nSPS) is 13.6. The molecule has 0 aliphatic carbocycles. The highest BCUT2D eigenvalue weighted by atomic mass is 32.2. The molecule has 0 aromatic heterocycles. The Morgan fingerprint density at radius 3 is 2.44 bits per heavy atom. The Morgan fingerprint density at radius 1 is 1.17 bits per heavy atom. The lowest BCUT2D eigenvalue weighted by molar-refractivity contribution is 0.575. The molecule has 1 aromatic carbocycles. The van der Waals surface area contributed by atoms with E-state index < -0.39 is 0 Å². The summed E-state index contributed by atoms with van der Waals surface area (Å²) in [7, 11) is 0. The van der Waals surface area contributed by atoms with E-state index in [4.69, 9.17) is 5.73 Å². The van der Waals surface area contributed by atoms with Crippen LogP contribution in [0.5, 0.6) is 0 Å². The first-order chi connectivity index (χ1) is 8.44. The molecule has 1 aromatic rings. The Hall–Kier alpha value is -0.470. The first kappa shape index (κ1) is 15.6. The fourth-order valence-electron chi connectivity index (χ4n) is 1.98. The van der Waals surface area contributed by atoms with Crippen LogP contribution in [0.25, 0.3) is 0 Å². The van der Waals surface area contributed by atoms with Crippen LogP contribution in [0.2, 0.25) is 0 Å². The van der Waals surface area contributed by atoms with Crippen molar-refractivity contribution in [3.63, 3.8) is 0 Å². The molecule has 0 aliphatic rings. The average molecular weight is 265 g/mol. The molecule has 0 saturated heterocycles. The summed E-state index contributed by atoms with van der Waals surface area (Å²) in [6.45, 7) is 8.97. The molecule has 18 heavy (non-hydrogen) atoms. The number of unbranched alkanes of at least 4 members (excludes halogenated alkanes) is 2. The van der Waals surface area contributed by atoms with Crippen LogP contribution >= 0.6 is 11.8 Å². The van der Waals surface area contributed by atoms with Gasteiger partial charge in [-0.3, -0.25) is 0 Å². The smallest absolute Gasteiger partial charge is 0.0306 e. The Bertz CT molecular complexity index is 354. The van der Waals surface area contributed by atoms with E-state index in [2.05, 4.69) is 52.0 Å². The third-order valence-electron chi connectivity index (χ3n) is 2.85. The van der Waals surface area contributed by atoms with Crippen LogP contribution in [0.4, 0.5) is 0 Å². The predicted molar refractivity (Wildman–Crippen MR) is 83.1 cm³/mol. The molecule has 0 bridgehead atoms. The molecule has 0 heterocycles. The van der Waals surface area contributed by atoms with E-state index in [9.17, 15) is 0 Å². The Balaban J connectivity index is 2.74. The van der Waals surface area contributed by atoms with Gasteiger partial charge in [-0.1, -0.05) is 65.2 Å². The van der Waals surface area contributed by atoms with Crippen molar-refractivity contribution in [2.24, 2.45) is 5.73 Å². The maximum absolute atomic E-state index is 6.34. The van der Waals surface area contributed by atoms with Gasteiger partial charge < -0.3 is 5.73 Å². The maximum atomic E-state index is 6.34. The van der Waals surface area contributed by atoms with Gasteiger partial charge in [0.05, 0.1) is 0 Å². The fraction of sp³-hybridized carbons (Fsp3) is 0.625. The van der Waals surface area contributed by atoms with Crippen molar-refractivity contribution in [1.29, 1.82) is 0 Å². The van der Waals surface area contributed by atoms with Crippen LogP contribution in [-0.4, -0.2) is 4.75 Å². The lowest BCUT2D eigenvalue weighted by Crippen LogP contribution is -2.13. The Morgan fingerprint density at radius 2 is 1.83 bits per heavy atom. The van der Waals surface area contributed by atoms with Crippen LogP contribution < -0.4 is 5.73 Å². The molecule has 0 unspecified atom stereocenters. The van der Waals surface area contributed by atoms with E-state index in [0.29, 0.717) is 0 Å². The second kappa shape index (κ2) is 7.20. The molecule has 1 atom stereocenters. The van der Waals surface area contributed by atoms with Crippen LogP contribution in [0.1, 0.15) is 65.0 Å². The minimum atomic E-state index is 0.183. The summed E-state index contributed by atoms with van der Waals surface area (Å²) in [5.41, 5.74) is 7.66. The molecule has 1 nitrogen and oxygen atoms in total. The van der Waals surface area contributed by atoms with Gasteiger partial charge >= 0.3 is 0 Å². The lowest BCUT2D eigenvalue weighted by Gasteiger charge is -2.22. The minimum Gasteiger partial charge on any atom is -0.324 e. The number of nitrogens with two attached hydrogens (primary N) is 1. The zero-order valence-corrected chi connectivity index (χ0v) is 13.0. The summed E-state index contributed by atoms with van der Waals surface area (Å²) in [5, 5.41) is 0. The van der Waals surface area contributed by atoms with Crippen molar-refractivity contribution >= 4 is 11.8 Å². The first-order valence-electron chi connectivity index (χ1n) is 6.97. The van der Waals surface area contributed by atoms with Gasteiger partial charge in [-0.15, -0.1) is 11.8 Å². The molecule has 0 radical (unpaired) electrons. The summed E-state index contributed by atoms with van der Waals surface area (Å²) in [6, 6.07) is 8.77. The van der Waals surface area contributed by atoms with E-state index in [1.807, 2.05) is 11.8 Å². The SMILES string of the molecule is CCCCC[C@@H](N)c1ccccc1SC(C)(C)C. The summed E-state index contributed by atoms with van der Waals surface area (Å²) >= 11 is 1.91. The van der Waals surface area contributed by atoms with E-state index >= 15 is 0 Å². The summed E-state index contributed by atoms with van der Waals surface area (Å²) in [5.74, 6) is 0. The van der Waals surface area contributed by atoms with E-state index in [1.54, 1.807) is 0 Å². The van der Waals surface area contributed by atoms with E-state index in [-0.39, 0.29) is 10.8 Å². The quantitative estimate of drug-likeness (QED) is 0.568. The monoisotopic (exact) mass is 265 g/mol. The third-order valence-corrected chi connectivity index (χ3v) is 4.06. The topological polar surface area (TPSA) is 26.0 Å². The standard InChI is InChI=1S/C16H27NS/c1-5-6-7-11-14(17)13-10-8-9-12-15(13)18-16(2,3)4/h8-10,12,14H,5-7,11,17H2,1-4H3/t14-/m1/s1. The zero-order valence-electron chi connectivity index (χ0n) is 12.2. The average Bonchev–Trinajstić information content (AvgIpc) is 2.27. The summed E-state index contributed by atoms with van der Waals surface area (Å²) in [4.78, 5) is 1.34. The van der Waals surface area contributed by atoms with Crippen molar-refractivity contribution in [3.8, 4) is 0 Å². The largest absolute Gasteiger partial charge is 0.324 e. The van der Waals surface area contributed by atoms with E-state index in [1.165, 1.54) is 29.7 Å². The van der Waals surface area contributed by atoms with Crippen LogP contribution in [0, 0.1) is 0 Å². The van der Waals surface area contributed by atoms with Crippen LogP contribution in [0.15, 0.2) is 29.2 Å². The van der Waals surface area contributed by atoms with Crippen molar-refractivity contribution < 1.29 is 0 Å². The Labute approximate surface area is 117 Å². The lowest BCUT2D eigenvalue weighted by atomic mass is 10.0. The van der Waals surface area contributed by atoms with Gasteiger partial charge in [0.2, 0.25) is 0 Å². The third kappa shape index (κ3) is 5.45. The van der Waals surface area contributed by atoms with Gasteiger partial charge in [0.25, 0.3) is 0 Å². The van der Waals surface area contributed by atoms with Gasteiger partial charge in [0, 0.05) is 15.7 Å². The van der Waals surface area contributed by atoms with Gasteiger partial charge in [-0.25, -0.2) is 0 Å². The highest BCUT2D eigenvalue weighted by molar-refractivity contribution is 8.00. The molecule has 0 spiro atoms. The number of thioether (sulfide) groups is 1. The number of hydrogen-bond donors (Lipinski definition) is 1. The molecule has 1 rings (SSSR count). The highest BCUT2D eigenvalue weighted by Crippen LogP contribution is 2.36. The molecule has 0 fully saturated rings.